The topological polar surface area (TPSA) is 80.3 Å². The lowest BCUT2D eigenvalue weighted by atomic mass is 10.1. The van der Waals surface area contributed by atoms with Crippen LogP contribution >= 0.6 is 0 Å². The van der Waals surface area contributed by atoms with Gasteiger partial charge >= 0.3 is 0 Å². The lowest BCUT2D eigenvalue weighted by Gasteiger charge is -2.22. The molecule has 3 aromatic rings. The third-order valence-corrected chi connectivity index (χ3v) is 4.98. The first-order valence-electron chi connectivity index (χ1n) is 9.07. The van der Waals surface area contributed by atoms with Gasteiger partial charge in [-0.2, -0.15) is 5.10 Å². The number of fused-ring (bicyclic) bond motifs is 1. The van der Waals surface area contributed by atoms with Gasteiger partial charge in [-0.15, -0.1) is 0 Å². The Morgan fingerprint density at radius 3 is 2.86 bits per heavy atom. The fourth-order valence-corrected chi connectivity index (χ4v) is 3.52. The van der Waals surface area contributed by atoms with Crippen molar-refractivity contribution in [1.29, 1.82) is 0 Å². The van der Waals surface area contributed by atoms with Crippen LogP contribution in [0.2, 0.25) is 0 Å². The average Bonchev–Trinajstić information content (AvgIpc) is 3.24. The minimum atomic E-state index is -2.69. The number of benzene rings is 1. The van der Waals surface area contributed by atoms with Crippen LogP contribution in [0.15, 0.2) is 28.9 Å². The summed E-state index contributed by atoms with van der Waals surface area (Å²) in [5.41, 5.74) is 2.29. The van der Waals surface area contributed by atoms with Crippen LogP contribution in [0, 0.1) is 0 Å². The van der Waals surface area contributed by atoms with E-state index in [1.54, 1.807) is 4.90 Å². The molecule has 0 unspecified atom stereocenters. The van der Waals surface area contributed by atoms with E-state index >= 15 is 0 Å². The second kappa shape index (κ2) is 7.63. The molecule has 4 rings (SSSR count). The van der Waals surface area contributed by atoms with Gasteiger partial charge in [0, 0.05) is 39.8 Å². The predicted molar refractivity (Wildman–Crippen MR) is 95.8 cm³/mol. The van der Waals surface area contributed by atoms with Gasteiger partial charge in [0.05, 0.1) is 0 Å². The molecular weight excluding hydrogens is 370 g/mol. The maximum absolute atomic E-state index is 12.9. The van der Waals surface area contributed by atoms with Gasteiger partial charge in [0.1, 0.15) is 22.4 Å². The fourth-order valence-electron chi connectivity index (χ4n) is 3.52. The van der Waals surface area contributed by atoms with Gasteiger partial charge < -0.3 is 4.90 Å². The van der Waals surface area contributed by atoms with E-state index in [4.69, 9.17) is 4.63 Å². The molecule has 2 aromatic heterocycles. The Bertz CT molecular complexity index is 986. The van der Waals surface area contributed by atoms with E-state index in [-0.39, 0.29) is 17.3 Å². The van der Waals surface area contributed by atoms with Crippen molar-refractivity contribution in [2.24, 2.45) is 7.05 Å². The van der Waals surface area contributed by atoms with Crippen molar-refractivity contribution < 1.29 is 18.2 Å². The summed E-state index contributed by atoms with van der Waals surface area (Å²) in [6.45, 7) is 3.25. The molecule has 28 heavy (non-hydrogen) atoms. The largest absolute Gasteiger partial charge is 0.336 e. The average molecular weight is 390 g/mol. The number of carbonyl (C=O) groups excluding carboxylic acids is 1. The Labute approximate surface area is 159 Å². The van der Waals surface area contributed by atoms with E-state index in [0.717, 1.165) is 29.6 Å². The van der Waals surface area contributed by atoms with Crippen molar-refractivity contribution in [3.05, 3.63) is 41.2 Å². The monoisotopic (exact) mass is 390 g/mol. The molecule has 10 heteroatoms. The molecule has 0 saturated carbocycles. The molecule has 0 spiro atoms. The molecule has 148 valence electrons. The molecule has 0 aliphatic carbocycles. The molecule has 0 N–H and O–H groups in total. The van der Waals surface area contributed by atoms with Crippen molar-refractivity contribution in [3.8, 4) is 0 Å². The van der Waals surface area contributed by atoms with Crippen LogP contribution in [0.4, 0.5) is 8.78 Å². The zero-order chi connectivity index (χ0) is 19.7. The second-order valence-corrected chi connectivity index (χ2v) is 6.85. The molecule has 3 heterocycles. The van der Waals surface area contributed by atoms with Gasteiger partial charge in [0.25, 0.3) is 12.3 Å². The number of hydrogen-bond donors (Lipinski definition) is 0. The third-order valence-electron chi connectivity index (χ3n) is 4.98. The third kappa shape index (κ3) is 3.59. The van der Waals surface area contributed by atoms with Gasteiger partial charge in [0.2, 0.25) is 0 Å². The molecular formula is C18H20F2N6O2. The van der Waals surface area contributed by atoms with Crippen molar-refractivity contribution in [2.45, 2.75) is 19.4 Å². The lowest BCUT2D eigenvalue weighted by molar-refractivity contribution is 0.0750. The Balaban J connectivity index is 1.44. The van der Waals surface area contributed by atoms with Crippen molar-refractivity contribution in [1.82, 2.24) is 29.9 Å². The van der Waals surface area contributed by atoms with Gasteiger partial charge in [-0.05, 0) is 34.4 Å². The molecule has 1 aliphatic rings. The molecule has 0 radical (unpaired) electrons. The highest BCUT2D eigenvalue weighted by molar-refractivity contribution is 5.92. The number of alkyl halides is 2. The van der Waals surface area contributed by atoms with Crippen LogP contribution in [0.1, 0.15) is 34.6 Å². The summed E-state index contributed by atoms with van der Waals surface area (Å²) in [7, 11) is 1.51. The first-order chi connectivity index (χ1) is 13.5. The number of aryl methyl sites for hydroxylation is 1. The van der Waals surface area contributed by atoms with Crippen molar-refractivity contribution in [3.63, 3.8) is 0 Å². The number of amides is 1. The first-order valence-corrected chi connectivity index (χ1v) is 9.07. The molecule has 0 bridgehead atoms. The number of aromatic nitrogens is 4. The molecule has 1 fully saturated rings. The summed E-state index contributed by atoms with van der Waals surface area (Å²) >= 11 is 0. The maximum atomic E-state index is 12.9. The molecule has 1 aliphatic heterocycles. The smallest absolute Gasteiger partial charge is 0.282 e. The molecule has 0 atom stereocenters. The van der Waals surface area contributed by atoms with E-state index in [9.17, 15) is 13.6 Å². The minimum absolute atomic E-state index is 0.183. The molecule has 8 nitrogen and oxygen atoms in total. The van der Waals surface area contributed by atoms with E-state index in [1.165, 1.54) is 17.8 Å². The van der Waals surface area contributed by atoms with E-state index in [2.05, 4.69) is 20.3 Å². The van der Waals surface area contributed by atoms with Crippen LogP contribution in [-0.2, 0) is 13.6 Å². The Hall–Kier alpha value is -2.88. The molecule has 1 saturated heterocycles. The zero-order valence-corrected chi connectivity index (χ0v) is 15.4. The number of hydrogen-bond acceptors (Lipinski definition) is 6. The van der Waals surface area contributed by atoms with Gasteiger partial charge in [-0.3, -0.25) is 14.4 Å². The fraction of sp³-hybridized carbons (Fsp3) is 0.444. The maximum Gasteiger partial charge on any atom is 0.282 e. The summed E-state index contributed by atoms with van der Waals surface area (Å²) in [5.74, 6) is -0.272. The summed E-state index contributed by atoms with van der Waals surface area (Å²) in [6, 6.07) is 6.92. The summed E-state index contributed by atoms with van der Waals surface area (Å²) in [5, 5.41) is 11.6. The first kappa shape index (κ1) is 18.5. The predicted octanol–water partition coefficient (Wildman–Crippen LogP) is 2.24. The highest BCUT2D eigenvalue weighted by Gasteiger charge is 2.25. The van der Waals surface area contributed by atoms with Crippen molar-refractivity contribution in [2.75, 3.05) is 26.2 Å². The van der Waals surface area contributed by atoms with Gasteiger partial charge in [-0.25, -0.2) is 13.4 Å². The molecule has 1 aromatic carbocycles. The number of halogens is 2. The van der Waals surface area contributed by atoms with E-state index < -0.39 is 6.43 Å². The Morgan fingerprint density at radius 2 is 2.07 bits per heavy atom. The quantitative estimate of drug-likeness (QED) is 0.680. The minimum Gasteiger partial charge on any atom is -0.336 e. The van der Waals surface area contributed by atoms with Gasteiger partial charge in [-0.1, -0.05) is 12.1 Å². The standard InChI is InChI=1S/C18H20F2N6O2/c1-24-15(10-14(21-24)17(19)20)18(27)26-7-3-6-25(8-9-26)11-12-4-2-5-13-16(12)23-28-22-13/h2,4-5,10,17H,3,6-9,11H2,1H3. The van der Waals surface area contributed by atoms with Crippen LogP contribution in [0.25, 0.3) is 11.0 Å². The summed E-state index contributed by atoms with van der Waals surface area (Å²) < 4.78 is 31.7. The highest BCUT2D eigenvalue weighted by Crippen LogP contribution is 2.20. The lowest BCUT2D eigenvalue weighted by Crippen LogP contribution is -2.36. The number of nitrogens with zero attached hydrogens (tertiary/aromatic N) is 6. The zero-order valence-electron chi connectivity index (χ0n) is 15.4. The Kier molecular flexibility index (Phi) is 5.03. The SMILES string of the molecule is Cn1nc(C(F)F)cc1C(=O)N1CCCN(Cc2cccc3nonc23)CC1. The van der Waals surface area contributed by atoms with Crippen molar-refractivity contribution >= 4 is 16.9 Å². The van der Waals surface area contributed by atoms with Crippen LogP contribution in [0.5, 0.6) is 0 Å². The summed E-state index contributed by atoms with van der Waals surface area (Å²) in [6.07, 6.45) is -1.90. The Morgan fingerprint density at radius 1 is 1.21 bits per heavy atom. The number of carbonyl (C=O) groups is 1. The number of rotatable bonds is 4. The van der Waals surface area contributed by atoms with E-state index in [1.807, 2.05) is 18.2 Å². The van der Waals surface area contributed by atoms with Crippen LogP contribution in [0.3, 0.4) is 0 Å². The van der Waals surface area contributed by atoms with Crippen LogP contribution < -0.4 is 0 Å². The normalized spacial score (nSPS) is 16.1. The highest BCUT2D eigenvalue weighted by atomic mass is 19.3. The van der Waals surface area contributed by atoms with E-state index in [0.29, 0.717) is 26.2 Å². The second-order valence-electron chi connectivity index (χ2n) is 6.85. The van der Waals surface area contributed by atoms with Crippen LogP contribution in [-0.4, -0.2) is 62.0 Å². The summed E-state index contributed by atoms with van der Waals surface area (Å²) in [4.78, 5) is 16.7. The molecule has 1 amide bonds. The van der Waals surface area contributed by atoms with Gasteiger partial charge in [0.15, 0.2) is 0 Å².